The van der Waals surface area contributed by atoms with E-state index >= 15 is 0 Å². The van der Waals surface area contributed by atoms with Crippen LogP contribution in [0.25, 0.3) is 44.4 Å². The van der Waals surface area contributed by atoms with Crippen molar-refractivity contribution in [2.75, 3.05) is 0 Å². The van der Waals surface area contributed by atoms with E-state index in [4.69, 9.17) is 9.97 Å². The molecule has 0 radical (unpaired) electrons. The lowest BCUT2D eigenvalue weighted by Crippen LogP contribution is -1.98. The Morgan fingerprint density at radius 2 is 0.812 bits per heavy atom. The second kappa shape index (κ2) is 13.7. The summed E-state index contributed by atoms with van der Waals surface area (Å²) in [5.41, 5.74) is 11.4. The lowest BCUT2D eigenvalue weighted by atomic mass is 9.99. The van der Waals surface area contributed by atoms with E-state index < -0.39 is 23.9 Å². The van der Waals surface area contributed by atoms with Crippen LogP contribution in [0.4, 0.5) is 0 Å². The molecule has 0 fully saturated rings. The summed E-state index contributed by atoms with van der Waals surface area (Å²) in [7, 11) is 0. The number of rotatable bonds is 12. The smallest absolute Gasteiger partial charge is 0.303 e. The van der Waals surface area contributed by atoms with Crippen LogP contribution < -0.4 is 0 Å². The molecule has 2 aliphatic heterocycles. The Labute approximate surface area is 275 Å². The lowest BCUT2D eigenvalue weighted by Gasteiger charge is -2.03. The van der Waals surface area contributed by atoms with Crippen molar-refractivity contribution in [3.63, 3.8) is 0 Å². The third kappa shape index (κ3) is 7.07. The molecule has 250 valence electrons. The first-order valence-electron chi connectivity index (χ1n) is 15.7. The molecule has 0 aliphatic carbocycles. The fraction of sp³-hybridized carbons (Fsp3) is 0.333. The minimum absolute atomic E-state index is 0.0954. The SMILES string of the molecule is CC1=C(CCC(=O)O)c2cc3[nH]c(cc4nc(cc5[nH]c(cc1n2)c(C)c5CCC(=O)O)C(CCC(=O)O)=C4C)c(C)c3CCC(=O)O. The first kappa shape index (κ1) is 33.8. The van der Waals surface area contributed by atoms with Crippen molar-refractivity contribution in [2.24, 2.45) is 0 Å². The lowest BCUT2D eigenvalue weighted by molar-refractivity contribution is -0.138. The number of aryl methyl sites for hydroxylation is 4. The summed E-state index contributed by atoms with van der Waals surface area (Å²) in [4.78, 5) is 63.1. The quantitative estimate of drug-likeness (QED) is 0.124. The highest BCUT2D eigenvalue weighted by Crippen LogP contribution is 2.37. The molecule has 8 bridgehead atoms. The van der Waals surface area contributed by atoms with Gasteiger partial charge in [-0.2, -0.15) is 0 Å². The average Bonchev–Trinajstić information content (AvgIpc) is 3.66. The maximum atomic E-state index is 11.6. The largest absolute Gasteiger partial charge is 0.481 e. The fourth-order valence-corrected chi connectivity index (χ4v) is 6.42. The molecule has 0 saturated carbocycles. The normalized spacial score (nSPS) is 12.9. The highest BCUT2D eigenvalue weighted by atomic mass is 16.4. The van der Waals surface area contributed by atoms with E-state index in [1.807, 2.05) is 52.0 Å². The highest BCUT2D eigenvalue weighted by molar-refractivity contribution is 5.96. The zero-order valence-corrected chi connectivity index (χ0v) is 27.3. The molecule has 48 heavy (non-hydrogen) atoms. The molecule has 3 aromatic rings. The van der Waals surface area contributed by atoms with Crippen LogP contribution in [0, 0.1) is 13.8 Å². The number of nitrogens with one attached hydrogen (secondary N) is 2. The summed E-state index contributed by atoms with van der Waals surface area (Å²) >= 11 is 0. The number of aliphatic carboxylic acids is 4. The molecule has 0 amide bonds. The summed E-state index contributed by atoms with van der Waals surface area (Å²) in [6.45, 7) is 7.56. The number of carbonyl (C=O) groups is 4. The van der Waals surface area contributed by atoms with Gasteiger partial charge in [0.25, 0.3) is 0 Å². The Balaban J connectivity index is 1.91. The van der Waals surface area contributed by atoms with Gasteiger partial charge in [-0.05, 0) is 122 Å². The molecule has 0 spiro atoms. The van der Waals surface area contributed by atoms with Crippen molar-refractivity contribution in [3.05, 3.63) is 69.3 Å². The van der Waals surface area contributed by atoms with E-state index in [2.05, 4.69) is 9.97 Å². The van der Waals surface area contributed by atoms with Crippen LogP contribution in [0.3, 0.4) is 0 Å². The number of hydrogen-bond donors (Lipinski definition) is 6. The molecule has 5 rings (SSSR count). The summed E-state index contributed by atoms with van der Waals surface area (Å²) in [5, 5.41) is 38.0. The van der Waals surface area contributed by atoms with Gasteiger partial charge in [-0.1, -0.05) is 0 Å². The van der Waals surface area contributed by atoms with Gasteiger partial charge >= 0.3 is 23.9 Å². The summed E-state index contributed by atoms with van der Waals surface area (Å²) in [6.07, 6.45) is 0.582. The van der Waals surface area contributed by atoms with Gasteiger partial charge in [0.15, 0.2) is 0 Å². The number of carboxylic acid groups (broad SMARTS) is 4. The minimum atomic E-state index is -0.942. The molecule has 0 unspecified atom stereocenters. The van der Waals surface area contributed by atoms with Gasteiger partial charge in [0.1, 0.15) is 0 Å². The summed E-state index contributed by atoms with van der Waals surface area (Å²) in [6, 6.07) is 7.40. The topological polar surface area (TPSA) is 207 Å². The Hall–Kier alpha value is -5.52. The molecular formula is C36H38N4O8. The molecule has 2 aliphatic rings. The predicted molar refractivity (Wildman–Crippen MR) is 181 cm³/mol. The zero-order valence-electron chi connectivity index (χ0n) is 27.3. The van der Waals surface area contributed by atoms with Crippen LogP contribution in [0.15, 0.2) is 24.3 Å². The van der Waals surface area contributed by atoms with Gasteiger partial charge in [0.05, 0.1) is 22.8 Å². The first-order valence-corrected chi connectivity index (χ1v) is 15.7. The number of H-pyrrole nitrogens is 2. The van der Waals surface area contributed by atoms with Gasteiger partial charge in [-0.25, -0.2) is 9.97 Å². The van der Waals surface area contributed by atoms with Gasteiger partial charge in [0.2, 0.25) is 0 Å². The third-order valence-corrected chi connectivity index (χ3v) is 9.16. The van der Waals surface area contributed by atoms with Gasteiger partial charge < -0.3 is 30.4 Å². The molecule has 12 nitrogen and oxygen atoms in total. The van der Waals surface area contributed by atoms with Gasteiger partial charge in [-0.3, -0.25) is 19.2 Å². The maximum Gasteiger partial charge on any atom is 0.303 e. The molecule has 0 aromatic carbocycles. The number of nitrogens with zero attached hydrogens (tertiary/aromatic N) is 2. The summed E-state index contributed by atoms with van der Waals surface area (Å²) in [5.74, 6) is -3.76. The van der Waals surface area contributed by atoms with Crippen molar-refractivity contribution in [3.8, 4) is 0 Å². The number of aromatic nitrogens is 4. The van der Waals surface area contributed by atoms with Crippen molar-refractivity contribution in [1.29, 1.82) is 0 Å². The van der Waals surface area contributed by atoms with Crippen LogP contribution >= 0.6 is 0 Å². The Bertz CT molecular complexity index is 1950. The second-order valence-corrected chi connectivity index (χ2v) is 12.2. The number of fused-ring (bicyclic) bond motifs is 8. The van der Waals surface area contributed by atoms with E-state index in [1.54, 1.807) is 0 Å². The highest BCUT2D eigenvalue weighted by Gasteiger charge is 2.22. The van der Waals surface area contributed by atoms with Crippen LogP contribution in [0.2, 0.25) is 0 Å². The maximum absolute atomic E-state index is 11.6. The molecular weight excluding hydrogens is 616 g/mol. The monoisotopic (exact) mass is 654 g/mol. The number of allylic oxidation sites excluding steroid dienone is 4. The predicted octanol–water partition coefficient (Wildman–Crippen LogP) is 6.56. The van der Waals surface area contributed by atoms with Crippen molar-refractivity contribution in [1.82, 2.24) is 19.9 Å². The van der Waals surface area contributed by atoms with E-state index in [-0.39, 0.29) is 51.4 Å². The van der Waals surface area contributed by atoms with E-state index in [0.717, 1.165) is 44.5 Å². The fourth-order valence-electron chi connectivity index (χ4n) is 6.42. The van der Waals surface area contributed by atoms with E-state index in [1.165, 1.54) is 0 Å². The number of aromatic amines is 2. The Kier molecular flexibility index (Phi) is 9.64. The standard InChI is InChI=1S/C36H38N4O8/c1-17-21(5-9-33(41)42)29-15-30-23(7-11-35(45)46)19(3)27(39-30)14-28-20(4)24(8-12-36(47)48)32(40-28)16-31-22(6-10-34(43)44)18(2)26(38-31)13-25(17)37-29/h13-16,37,40H,5-12H2,1-4H3,(H,41,42)(H,43,44)(H,45,46)(H,47,48). The van der Waals surface area contributed by atoms with Crippen molar-refractivity contribution in [2.45, 2.75) is 79.1 Å². The summed E-state index contributed by atoms with van der Waals surface area (Å²) < 4.78 is 0. The number of hydrogen-bond acceptors (Lipinski definition) is 6. The Morgan fingerprint density at radius 3 is 1.15 bits per heavy atom. The van der Waals surface area contributed by atoms with E-state index in [0.29, 0.717) is 44.8 Å². The average molecular weight is 655 g/mol. The molecule has 5 heterocycles. The first-order chi connectivity index (χ1) is 22.7. The molecule has 12 heteroatoms. The second-order valence-electron chi connectivity index (χ2n) is 12.2. The Morgan fingerprint density at radius 1 is 0.500 bits per heavy atom. The van der Waals surface area contributed by atoms with E-state index in [9.17, 15) is 39.6 Å². The van der Waals surface area contributed by atoms with Crippen LogP contribution in [-0.2, 0) is 32.0 Å². The van der Waals surface area contributed by atoms with Crippen LogP contribution in [0.1, 0.15) is 97.4 Å². The van der Waals surface area contributed by atoms with Crippen molar-refractivity contribution < 1.29 is 39.6 Å². The van der Waals surface area contributed by atoms with Crippen LogP contribution in [-0.4, -0.2) is 64.2 Å². The minimum Gasteiger partial charge on any atom is -0.481 e. The zero-order chi connectivity index (χ0) is 34.9. The number of carboxylic acids is 4. The van der Waals surface area contributed by atoms with Gasteiger partial charge in [-0.15, -0.1) is 0 Å². The van der Waals surface area contributed by atoms with Crippen molar-refractivity contribution >= 4 is 68.2 Å². The molecule has 3 aromatic heterocycles. The van der Waals surface area contributed by atoms with Gasteiger partial charge in [0, 0.05) is 47.8 Å². The third-order valence-electron chi connectivity index (χ3n) is 9.16. The molecule has 6 N–H and O–H groups in total. The molecule has 0 atom stereocenters. The van der Waals surface area contributed by atoms with Crippen LogP contribution in [0.5, 0.6) is 0 Å². The molecule has 0 saturated heterocycles.